The third kappa shape index (κ3) is 2.26. The van der Waals surface area contributed by atoms with E-state index in [1.54, 1.807) is 0 Å². The van der Waals surface area contributed by atoms with Crippen LogP contribution in [0.25, 0.3) is 0 Å². The van der Waals surface area contributed by atoms with Crippen LogP contribution in [0, 0.1) is 29.6 Å². The van der Waals surface area contributed by atoms with Crippen LogP contribution < -0.4 is 0 Å². The zero-order chi connectivity index (χ0) is 12.8. The summed E-state index contributed by atoms with van der Waals surface area (Å²) in [6.07, 6.45) is 11.5. The molecule has 19 heavy (non-hydrogen) atoms. The van der Waals surface area contributed by atoms with Crippen molar-refractivity contribution in [2.45, 2.75) is 63.9 Å². The van der Waals surface area contributed by atoms with Crippen molar-refractivity contribution in [1.29, 1.82) is 0 Å². The lowest BCUT2D eigenvalue weighted by Gasteiger charge is -2.53. The predicted octanol–water partition coefficient (Wildman–Crippen LogP) is 3.59. The number of ether oxygens (including phenoxy) is 1. The number of ketones is 1. The van der Waals surface area contributed by atoms with Crippen molar-refractivity contribution in [1.82, 2.24) is 0 Å². The molecule has 4 bridgehead atoms. The van der Waals surface area contributed by atoms with E-state index < -0.39 is 0 Å². The lowest BCUT2D eigenvalue weighted by molar-refractivity contribution is -0.136. The Kier molecular flexibility index (Phi) is 3.17. The smallest absolute Gasteiger partial charge is 0.136 e. The van der Waals surface area contributed by atoms with Crippen LogP contribution in [0.2, 0.25) is 0 Å². The monoisotopic (exact) mass is 262 g/mol. The maximum absolute atomic E-state index is 12.6. The van der Waals surface area contributed by atoms with E-state index in [4.69, 9.17) is 4.74 Å². The van der Waals surface area contributed by atoms with Crippen LogP contribution in [0.3, 0.4) is 0 Å². The summed E-state index contributed by atoms with van der Waals surface area (Å²) in [5, 5.41) is 0. The molecule has 1 atom stereocenters. The Morgan fingerprint density at radius 3 is 2.26 bits per heavy atom. The van der Waals surface area contributed by atoms with E-state index in [9.17, 15) is 4.79 Å². The summed E-state index contributed by atoms with van der Waals surface area (Å²) in [6, 6.07) is 0. The van der Waals surface area contributed by atoms with Crippen molar-refractivity contribution >= 4 is 5.78 Å². The van der Waals surface area contributed by atoms with Gasteiger partial charge in [0, 0.05) is 18.9 Å². The SMILES string of the molecule is O=C(CCC1CCCO1)C1C2CC3CC(C2)CC1C3. The van der Waals surface area contributed by atoms with Crippen LogP contribution in [0.15, 0.2) is 0 Å². The second kappa shape index (κ2) is 4.87. The van der Waals surface area contributed by atoms with E-state index in [1.165, 1.54) is 44.9 Å². The number of rotatable bonds is 4. The zero-order valence-electron chi connectivity index (χ0n) is 11.9. The average Bonchev–Trinajstić information content (AvgIpc) is 2.88. The van der Waals surface area contributed by atoms with E-state index in [-0.39, 0.29) is 0 Å². The highest BCUT2D eigenvalue weighted by atomic mass is 16.5. The van der Waals surface area contributed by atoms with Crippen molar-refractivity contribution in [3.8, 4) is 0 Å². The lowest BCUT2D eigenvalue weighted by atomic mass is 9.51. The molecule has 0 N–H and O–H groups in total. The van der Waals surface area contributed by atoms with Gasteiger partial charge >= 0.3 is 0 Å². The third-order valence-corrected chi connectivity index (χ3v) is 6.34. The summed E-state index contributed by atoms with van der Waals surface area (Å²) in [4.78, 5) is 12.6. The Bertz CT molecular complexity index is 328. The van der Waals surface area contributed by atoms with E-state index in [1.807, 2.05) is 0 Å². The molecule has 5 fully saturated rings. The minimum absolute atomic E-state index is 0.390. The van der Waals surface area contributed by atoms with Crippen LogP contribution in [-0.4, -0.2) is 18.5 Å². The summed E-state index contributed by atoms with van der Waals surface area (Å²) >= 11 is 0. The van der Waals surface area contributed by atoms with E-state index in [0.717, 1.165) is 43.1 Å². The van der Waals surface area contributed by atoms with Gasteiger partial charge in [0.25, 0.3) is 0 Å². The van der Waals surface area contributed by atoms with Crippen molar-refractivity contribution in [3.63, 3.8) is 0 Å². The number of Topliss-reactive ketones (excluding diaryl/α,β-unsaturated/α-hetero) is 1. The number of carbonyl (C=O) groups excluding carboxylic acids is 1. The first-order valence-electron chi connectivity index (χ1n) is 8.44. The van der Waals surface area contributed by atoms with Crippen LogP contribution >= 0.6 is 0 Å². The molecule has 1 heterocycles. The highest BCUT2D eigenvalue weighted by Gasteiger charge is 2.50. The Balaban J connectivity index is 1.37. The number of carbonyl (C=O) groups is 1. The molecule has 0 radical (unpaired) electrons. The van der Waals surface area contributed by atoms with E-state index in [0.29, 0.717) is 17.8 Å². The van der Waals surface area contributed by atoms with Crippen molar-refractivity contribution in [2.75, 3.05) is 6.61 Å². The second-order valence-corrected chi connectivity index (χ2v) is 7.60. The highest BCUT2D eigenvalue weighted by Crippen LogP contribution is 2.56. The Labute approximate surface area is 116 Å². The molecule has 0 aromatic heterocycles. The summed E-state index contributed by atoms with van der Waals surface area (Å²) in [6.45, 7) is 0.914. The minimum Gasteiger partial charge on any atom is -0.378 e. The second-order valence-electron chi connectivity index (χ2n) is 7.60. The van der Waals surface area contributed by atoms with Crippen LogP contribution in [0.1, 0.15) is 57.8 Å². The van der Waals surface area contributed by atoms with Crippen molar-refractivity contribution < 1.29 is 9.53 Å². The van der Waals surface area contributed by atoms with Crippen LogP contribution in [0.5, 0.6) is 0 Å². The Hall–Kier alpha value is -0.370. The summed E-state index contributed by atoms with van der Waals surface area (Å²) < 4.78 is 5.66. The molecular weight excluding hydrogens is 236 g/mol. The van der Waals surface area contributed by atoms with E-state index >= 15 is 0 Å². The first-order valence-corrected chi connectivity index (χ1v) is 8.44. The normalized spacial score (nSPS) is 47.8. The van der Waals surface area contributed by atoms with Gasteiger partial charge in [-0.15, -0.1) is 0 Å². The average molecular weight is 262 g/mol. The molecule has 0 aromatic rings. The zero-order valence-corrected chi connectivity index (χ0v) is 11.9. The maximum atomic E-state index is 12.6. The lowest BCUT2D eigenvalue weighted by Crippen LogP contribution is -2.48. The summed E-state index contributed by atoms with van der Waals surface area (Å²) in [5.74, 6) is 4.49. The van der Waals surface area contributed by atoms with Gasteiger partial charge in [-0.3, -0.25) is 4.79 Å². The van der Waals surface area contributed by atoms with E-state index in [2.05, 4.69) is 0 Å². The molecule has 2 heteroatoms. The summed E-state index contributed by atoms with van der Waals surface area (Å²) in [7, 11) is 0. The maximum Gasteiger partial charge on any atom is 0.136 e. The first-order chi connectivity index (χ1) is 9.29. The molecule has 4 aliphatic carbocycles. The van der Waals surface area contributed by atoms with Gasteiger partial charge in [0.2, 0.25) is 0 Å². The molecule has 1 saturated heterocycles. The fraction of sp³-hybridized carbons (Fsp3) is 0.941. The number of hydrogen-bond acceptors (Lipinski definition) is 2. The number of hydrogen-bond donors (Lipinski definition) is 0. The fourth-order valence-corrected chi connectivity index (χ4v) is 5.79. The predicted molar refractivity (Wildman–Crippen MR) is 73.8 cm³/mol. The van der Waals surface area contributed by atoms with Gasteiger partial charge in [0.05, 0.1) is 6.10 Å². The van der Waals surface area contributed by atoms with Gasteiger partial charge in [-0.05, 0) is 75.0 Å². The van der Waals surface area contributed by atoms with Crippen molar-refractivity contribution in [3.05, 3.63) is 0 Å². The largest absolute Gasteiger partial charge is 0.378 e. The minimum atomic E-state index is 0.390. The van der Waals surface area contributed by atoms with Gasteiger partial charge in [-0.2, -0.15) is 0 Å². The third-order valence-electron chi connectivity index (χ3n) is 6.34. The summed E-state index contributed by atoms with van der Waals surface area (Å²) in [5.41, 5.74) is 0. The highest BCUT2D eigenvalue weighted by molar-refractivity contribution is 5.82. The molecular formula is C17H26O2. The first kappa shape index (κ1) is 12.4. The van der Waals surface area contributed by atoms with Crippen LogP contribution in [-0.2, 0) is 9.53 Å². The molecule has 0 spiro atoms. The van der Waals surface area contributed by atoms with Gasteiger partial charge in [-0.25, -0.2) is 0 Å². The quantitative estimate of drug-likeness (QED) is 0.774. The van der Waals surface area contributed by atoms with Crippen molar-refractivity contribution in [2.24, 2.45) is 29.6 Å². The van der Waals surface area contributed by atoms with Crippen LogP contribution in [0.4, 0.5) is 0 Å². The Morgan fingerprint density at radius 1 is 1.00 bits per heavy atom. The molecule has 2 nitrogen and oxygen atoms in total. The molecule has 0 amide bonds. The topological polar surface area (TPSA) is 26.3 Å². The molecule has 5 aliphatic rings. The van der Waals surface area contributed by atoms with Gasteiger partial charge in [0.1, 0.15) is 5.78 Å². The molecule has 4 saturated carbocycles. The van der Waals surface area contributed by atoms with Gasteiger partial charge in [-0.1, -0.05) is 0 Å². The molecule has 1 unspecified atom stereocenters. The molecule has 0 aromatic carbocycles. The molecule has 1 aliphatic heterocycles. The van der Waals surface area contributed by atoms with Gasteiger partial charge < -0.3 is 4.74 Å². The van der Waals surface area contributed by atoms with Gasteiger partial charge in [0.15, 0.2) is 0 Å². The molecule has 106 valence electrons. The standard InChI is InChI=1S/C17H26O2/c18-16(4-3-15-2-1-5-19-15)17-13-7-11-6-12(9-13)10-14(17)8-11/h11-15,17H,1-10H2. The fourth-order valence-electron chi connectivity index (χ4n) is 5.79. The Morgan fingerprint density at radius 2 is 1.68 bits per heavy atom. The molecule has 5 rings (SSSR count).